The number of aliphatic hydroxyl groups excluding tert-OH is 1. The van der Waals surface area contributed by atoms with E-state index < -0.39 is 20.0 Å². The van der Waals surface area contributed by atoms with Gasteiger partial charge in [-0.2, -0.15) is 0 Å². The van der Waals surface area contributed by atoms with Crippen molar-refractivity contribution in [1.29, 1.82) is 0 Å². The smallest absolute Gasteiger partial charge is 0.387 e. The summed E-state index contributed by atoms with van der Waals surface area (Å²) in [5.74, 6) is -0.167. The van der Waals surface area contributed by atoms with Crippen molar-refractivity contribution in [3.8, 4) is 0 Å². The van der Waals surface area contributed by atoms with Crippen LogP contribution in [0.3, 0.4) is 0 Å². The molecule has 0 bridgehead atoms. The van der Waals surface area contributed by atoms with Crippen molar-refractivity contribution in [3.05, 3.63) is 24.3 Å². The van der Waals surface area contributed by atoms with E-state index in [0.717, 1.165) is 32.1 Å². The highest BCUT2D eigenvalue weighted by molar-refractivity contribution is 7.47. The summed E-state index contributed by atoms with van der Waals surface area (Å²) in [6.45, 7) is 4.89. The molecule has 3 N–H and O–H groups in total. The van der Waals surface area contributed by atoms with E-state index in [2.05, 4.69) is 31.3 Å². The lowest BCUT2D eigenvalue weighted by molar-refractivity contribution is -0.870. The molecule has 518 valence electrons. The number of likely N-dealkylation sites (N-methyl/N-ethyl adjacent to an activating group) is 1. The maximum Gasteiger partial charge on any atom is 0.472 e. The lowest BCUT2D eigenvalue weighted by Gasteiger charge is -2.25. The van der Waals surface area contributed by atoms with Crippen LogP contribution in [-0.2, 0) is 18.4 Å². The number of hydrogen-bond donors (Lipinski definition) is 3. The molecule has 0 fully saturated rings. The van der Waals surface area contributed by atoms with Gasteiger partial charge in [-0.25, -0.2) is 4.57 Å². The Hall–Kier alpha value is -1.02. The molecule has 0 aromatic heterocycles. The summed E-state index contributed by atoms with van der Waals surface area (Å²) < 4.78 is 23.9. The van der Waals surface area contributed by atoms with Crippen molar-refractivity contribution in [2.24, 2.45) is 0 Å². The number of hydrogen-bond acceptors (Lipinski definition) is 5. The van der Waals surface area contributed by atoms with Crippen LogP contribution in [0, 0.1) is 0 Å². The minimum absolute atomic E-state index is 0.0650. The molecule has 87 heavy (non-hydrogen) atoms. The molecule has 0 aliphatic rings. The van der Waals surface area contributed by atoms with Crippen LogP contribution < -0.4 is 5.32 Å². The van der Waals surface area contributed by atoms with Crippen LogP contribution in [0.2, 0.25) is 0 Å². The molecule has 0 aliphatic carbocycles. The van der Waals surface area contributed by atoms with Gasteiger partial charge in [0.05, 0.1) is 39.9 Å². The standard InChI is InChI=1S/C78H155N2O6P/c1-6-8-10-12-14-16-18-20-22-24-26-28-30-32-33-34-35-36-37-38-39-40-41-42-43-44-45-46-47-48-50-52-54-56-58-60-62-64-66-68-70-72-78(82)79-76(75-86-87(83,84)85-74-73-80(3,4)5)77(81)71-69-67-65-63-61-59-57-55-53-51-49-31-29-27-25-23-21-19-17-15-13-11-9-7-2/h24,26,69,71,76-77,81H,6-23,25,27-68,70,72-75H2,1-5H3,(H-,79,82,83,84)/p+1/b26-24-,71-69+. The Morgan fingerprint density at radius 2 is 0.621 bits per heavy atom. The molecular formula is C78H156N2O6P+. The molecule has 1 amide bonds. The van der Waals surface area contributed by atoms with Gasteiger partial charge in [0.25, 0.3) is 0 Å². The highest BCUT2D eigenvalue weighted by Gasteiger charge is 2.28. The highest BCUT2D eigenvalue weighted by Crippen LogP contribution is 2.43. The molecule has 8 nitrogen and oxygen atoms in total. The first-order chi connectivity index (χ1) is 42.5. The van der Waals surface area contributed by atoms with Crippen LogP contribution in [0.4, 0.5) is 0 Å². The van der Waals surface area contributed by atoms with Gasteiger partial charge in [0.15, 0.2) is 0 Å². The van der Waals surface area contributed by atoms with Crippen LogP contribution >= 0.6 is 7.82 Å². The number of aliphatic hydroxyl groups is 1. The summed E-state index contributed by atoms with van der Waals surface area (Å²) in [4.78, 5) is 23.5. The Balaban J connectivity index is 3.88. The van der Waals surface area contributed by atoms with Crippen LogP contribution in [0.25, 0.3) is 0 Å². The van der Waals surface area contributed by atoms with Crippen LogP contribution in [-0.4, -0.2) is 73.4 Å². The van der Waals surface area contributed by atoms with E-state index in [1.807, 2.05) is 27.2 Å². The zero-order valence-corrected chi connectivity index (χ0v) is 60.4. The largest absolute Gasteiger partial charge is 0.472 e. The van der Waals surface area contributed by atoms with E-state index in [-0.39, 0.29) is 19.1 Å². The fourth-order valence-electron chi connectivity index (χ4n) is 12.3. The molecule has 0 saturated heterocycles. The number of amides is 1. The number of unbranched alkanes of at least 4 members (excludes halogenated alkanes) is 59. The average Bonchev–Trinajstić information content (AvgIpc) is 3.71. The minimum atomic E-state index is -4.35. The van der Waals surface area contributed by atoms with E-state index >= 15 is 0 Å². The molecule has 0 aliphatic heterocycles. The molecule has 0 saturated carbocycles. The predicted molar refractivity (Wildman–Crippen MR) is 383 cm³/mol. The number of nitrogens with zero attached hydrogens (tertiary/aromatic N) is 1. The molecule has 0 aromatic rings. The summed E-state index contributed by atoms with van der Waals surface area (Å²) in [6, 6.07) is -0.845. The predicted octanol–water partition coefficient (Wildman–Crippen LogP) is 25.4. The monoisotopic (exact) mass is 1250 g/mol. The number of carbonyl (C=O) groups is 1. The molecule has 9 heteroatoms. The van der Waals surface area contributed by atoms with E-state index in [1.54, 1.807) is 6.08 Å². The lowest BCUT2D eigenvalue weighted by atomic mass is 10.0. The quantitative estimate of drug-likeness (QED) is 0.0243. The first-order valence-electron chi connectivity index (χ1n) is 39.2. The van der Waals surface area contributed by atoms with E-state index in [4.69, 9.17) is 9.05 Å². The molecule has 0 aromatic carbocycles. The molecule has 3 atom stereocenters. The van der Waals surface area contributed by atoms with Crippen molar-refractivity contribution < 1.29 is 32.9 Å². The zero-order valence-electron chi connectivity index (χ0n) is 59.6. The van der Waals surface area contributed by atoms with Gasteiger partial charge in [-0.3, -0.25) is 13.8 Å². The lowest BCUT2D eigenvalue weighted by Crippen LogP contribution is -2.45. The molecule has 0 spiro atoms. The topological polar surface area (TPSA) is 105 Å². The fourth-order valence-corrected chi connectivity index (χ4v) is 13.1. The third-order valence-electron chi connectivity index (χ3n) is 18.4. The van der Waals surface area contributed by atoms with Gasteiger partial charge < -0.3 is 19.8 Å². The maximum atomic E-state index is 13.1. The Kier molecular flexibility index (Phi) is 68.5. The van der Waals surface area contributed by atoms with Gasteiger partial charge in [-0.1, -0.05) is 391 Å². The van der Waals surface area contributed by atoms with Crippen molar-refractivity contribution in [1.82, 2.24) is 5.32 Å². The Morgan fingerprint density at radius 1 is 0.379 bits per heavy atom. The summed E-state index contributed by atoms with van der Waals surface area (Å²) in [7, 11) is 1.60. The molecular weight excluding hydrogens is 1090 g/mol. The van der Waals surface area contributed by atoms with Crippen molar-refractivity contribution in [3.63, 3.8) is 0 Å². The second-order valence-electron chi connectivity index (χ2n) is 28.4. The first-order valence-corrected chi connectivity index (χ1v) is 40.7. The molecule has 0 rings (SSSR count). The average molecular weight is 1250 g/mol. The third kappa shape index (κ3) is 72.3. The number of quaternary nitrogens is 1. The van der Waals surface area contributed by atoms with Crippen molar-refractivity contribution >= 4 is 13.7 Å². The molecule has 3 unspecified atom stereocenters. The Bertz CT molecular complexity index is 1470. The summed E-state index contributed by atoms with van der Waals surface area (Å²) in [5, 5.41) is 14.0. The van der Waals surface area contributed by atoms with Gasteiger partial charge in [-0.05, 0) is 44.9 Å². The highest BCUT2D eigenvalue weighted by atomic mass is 31.2. The summed E-state index contributed by atoms with van der Waals surface area (Å²) in [5.41, 5.74) is 0. The Labute approximate surface area is 545 Å². The van der Waals surface area contributed by atoms with E-state index in [0.29, 0.717) is 17.4 Å². The van der Waals surface area contributed by atoms with Crippen molar-refractivity contribution in [2.45, 2.75) is 431 Å². The fraction of sp³-hybridized carbons (Fsp3) is 0.936. The van der Waals surface area contributed by atoms with Gasteiger partial charge >= 0.3 is 7.82 Å². The number of carbonyl (C=O) groups excluding carboxylic acids is 1. The minimum Gasteiger partial charge on any atom is -0.387 e. The van der Waals surface area contributed by atoms with E-state index in [1.165, 1.54) is 366 Å². The second-order valence-corrected chi connectivity index (χ2v) is 29.9. The van der Waals surface area contributed by atoms with Crippen LogP contribution in [0.1, 0.15) is 418 Å². The molecule has 0 heterocycles. The number of rotatable bonds is 74. The second kappa shape index (κ2) is 69.3. The van der Waals surface area contributed by atoms with Gasteiger partial charge in [0.2, 0.25) is 5.91 Å². The van der Waals surface area contributed by atoms with Gasteiger partial charge in [-0.15, -0.1) is 0 Å². The SMILES string of the molecule is CCCCCCCCCC/C=C\CCCCCCCCCCCCCCCCCCCCCCCCCCCCCCCC(=O)NC(COP(=O)(O)OCC[N+](C)(C)C)C(O)/C=C/CCCCCCCCCCCCCCCCCCCCCCCC. The normalized spacial score (nSPS) is 13.6. The van der Waals surface area contributed by atoms with Gasteiger partial charge in [0, 0.05) is 6.42 Å². The van der Waals surface area contributed by atoms with Crippen LogP contribution in [0.15, 0.2) is 24.3 Å². The summed E-state index contributed by atoms with van der Waals surface area (Å²) in [6.07, 6.45) is 92.3. The number of nitrogens with one attached hydrogen (secondary N) is 1. The maximum absolute atomic E-state index is 13.1. The number of phosphoric ester groups is 1. The Morgan fingerprint density at radius 3 is 0.885 bits per heavy atom. The summed E-state index contributed by atoms with van der Waals surface area (Å²) >= 11 is 0. The number of allylic oxidation sites excluding steroid dienone is 3. The number of phosphoric acid groups is 1. The first kappa shape index (κ1) is 86.0. The van der Waals surface area contributed by atoms with Crippen LogP contribution in [0.5, 0.6) is 0 Å². The van der Waals surface area contributed by atoms with Gasteiger partial charge in [0.1, 0.15) is 13.2 Å². The zero-order chi connectivity index (χ0) is 63.4. The molecule has 0 radical (unpaired) electrons. The van der Waals surface area contributed by atoms with Crippen molar-refractivity contribution in [2.75, 3.05) is 40.9 Å². The van der Waals surface area contributed by atoms with E-state index in [9.17, 15) is 19.4 Å². The third-order valence-corrected chi connectivity index (χ3v) is 19.4.